The van der Waals surface area contributed by atoms with E-state index in [4.69, 9.17) is 49.6 Å². The molecule has 18 heteroatoms. The Bertz CT molecular complexity index is 6750. The molecule has 2 aromatic heterocycles. The van der Waals surface area contributed by atoms with Crippen LogP contribution >= 0.6 is 22.7 Å². The van der Waals surface area contributed by atoms with E-state index in [-0.39, 0.29) is 0 Å². The molecule has 678 valence electrons. The van der Waals surface area contributed by atoms with E-state index in [1.54, 1.807) is 26.4 Å². The Balaban J connectivity index is 0.000000124. The minimum Gasteiger partial charge on any atom is -0.496 e. The summed E-state index contributed by atoms with van der Waals surface area (Å²) in [6.07, 6.45) is 15.5. The Kier molecular flexibility index (Phi) is 30.2. The molecule has 4 aliphatic heterocycles. The summed E-state index contributed by atoms with van der Waals surface area (Å²) in [5, 5.41) is 5.31. The van der Waals surface area contributed by atoms with Gasteiger partial charge >= 0.3 is 0 Å². The highest BCUT2D eigenvalue weighted by Crippen LogP contribution is 2.49. The second-order valence-electron chi connectivity index (χ2n) is 34.8. The van der Waals surface area contributed by atoms with Crippen LogP contribution in [0.25, 0.3) is 141 Å². The van der Waals surface area contributed by atoms with Crippen LogP contribution in [0.5, 0.6) is 11.5 Å². The number of aryl methyl sites for hydroxylation is 2. The number of rotatable bonds is 28. The van der Waals surface area contributed by atoms with Gasteiger partial charge in [-0.3, -0.25) is 9.80 Å². The highest BCUT2D eigenvalue weighted by molar-refractivity contribution is 7.92. The van der Waals surface area contributed by atoms with Crippen LogP contribution in [0.3, 0.4) is 0 Å². The molecular weight excluding hydrogens is 1720 g/mol. The Morgan fingerprint density at radius 3 is 1.00 bits per heavy atom. The third-order valence-corrected chi connectivity index (χ3v) is 31.7. The lowest BCUT2D eigenvalue weighted by Crippen LogP contribution is -2.33. The molecule has 0 aliphatic carbocycles. The first-order valence-electron chi connectivity index (χ1n) is 46.7. The van der Waals surface area contributed by atoms with Crippen molar-refractivity contribution in [2.45, 2.75) is 97.1 Å². The molecule has 0 amide bonds. The van der Waals surface area contributed by atoms with Crippen LogP contribution in [0.1, 0.15) is 83.5 Å². The number of nitrogens with zero attached hydrogens (tertiary/aromatic N) is 2. The van der Waals surface area contributed by atoms with Gasteiger partial charge in [0.05, 0.1) is 44.6 Å². The number of methoxy groups -OCH3 is 2. The van der Waals surface area contributed by atoms with Gasteiger partial charge in [-0.15, -0.1) is 22.7 Å². The SMILES string of the molecule is CCCN1CC=C(c2ccc3sc4ccc(C5=CCN(CCN)CC5)cc4c3c2)CC1.COc1ccc(CCN)cc1-c1ccc2sc3ccc(-c4cc(CCN)ccc4OC)cc3c2c1.NCCCc1cccc(-c2ccc3c(c2)-c2cc(-c4cccc(CCCN)c4)ccc2S3(=O)=O)c1.NCCc1cccc(-c2ccc3c(c2)-c2cc(-c4cccc(CCN)c4)ccc2S3=O)c1. The average Bonchev–Trinajstić information content (AvgIpc) is 1.57. The summed E-state index contributed by atoms with van der Waals surface area (Å²) < 4.78 is 56.4. The van der Waals surface area contributed by atoms with Gasteiger partial charge in [-0.25, -0.2) is 12.6 Å². The van der Waals surface area contributed by atoms with Crippen molar-refractivity contribution in [3.8, 4) is 101 Å². The fourth-order valence-electron chi connectivity index (χ4n) is 19.0. The summed E-state index contributed by atoms with van der Waals surface area (Å²) >= 11 is 3.73. The van der Waals surface area contributed by atoms with E-state index >= 15 is 0 Å². The smallest absolute Gasteiger partial charge is 0.207 e. The summed E-state index contributed by atoms with van der Waals surface area (Å²) in [5.41, 5.74) is 70.2. The van der Waals surface area contributed by atoms with E-state index in [9.17, 15) is 12.6 Å². The van der Waals surface area contributed by atoms with Crippen LogP contribution in [-0.2, 0) is 59.2 Å². The maximum Gasteiger partial charge on any atom is 0.207 e. The lowest BCUT2D eigenvalue weighted by Gasteiger charge is -2.26. The van der Waals surface area contributed by atoms with E-state index in [2.05, 4.69) is 247 Å². The van der Waals surface area contributed by atoms with Crippen molar-refractivity contribution in [1.29, 1.82) is 0 Å². The summed E-state index contributed by atoms with van der Waals surface area (Å²) in [6, 6.07) is 97.8. The fourth-order valence-corrected chi connectivity index (χ4v) is 24.2. The lowest BCUT2D eigenvalue weighted by molar-refractivity contribution is 0.302. The van der Waals surface area contributed by atoms with Crippen LogP contribution in [0, 0.1) is 0 Å². The predicted molar refractivity (Wildman–Crippen MR) is 561 cm³/mol. The Morgan fingerprint density at radius 1 is 0.323 bits per heavy atom. The number of ether oxygens (including phenoxy) is 2. The zero-order valence-electron chi connectivity index (χ0n) is 76.3. The minimum absolute atomic E-state index is 0.379. The van der Waals surface area contributed by atoms with Gasteiger partial charge < -0.3 is 49.6 Å². The van der Waals surface area contributed by atoms with Crippen LogP contribution in [0.15, 0.2) is 311 Å². The zero-order valence-corrected chi connectivity index (χ0v) is 79.6. The number of benzene rings is 14. The highest BCUT2D eigenvalue weighted by Gasteiger charge is 2.34. The van der Waals surface area contributed by atoms with E-state index in [0.29, 0.717) is 49.1 Å². The summed E-state index contributed by atoms with van der Waals surface area (Å²) in [6.45, 7) is 13.4. The number of sulfone groups is 1. The molecule has 14 aromatic carbocycles. The second kappa shape index (κ2) is 43.1. The van der Waals surface area contributed by atoms with Crippen LogP contribution in [0.4, 0.5) is 0 Å². The van der Waals surface area contributed by atoms with Gasteiger partial charge in [0.2, 0.25) is 9.84 Å². The molecular formula is C115H119N9O5S4. The number of hydrogen-bond acceptors (Lipinski definition) is 16. The summed E-state index contributed by atoms with van der Waals surface area (Å²) in [4.78, 5) is 7.52. The standard InChI is InChI=1S/2C30H30N2O2S.C28H26N2OS.C27H33N3S/c1-33-27-7-3-19(11-13-31)15-23(27)21-5-9-29-25(17-21)26-18-22(6-10-30(26)35-29)24-16-20(12-14-32)4-8-28(24)34-2;31-15-3-7-21-5-1-9-23(17-21)25-11-13-29-27(19-25)28-20-26(12-14-30(28)35(29,33)34)24-10-2-6-22(18-24)8-4-16-32;29-13-11-19-3-1-5-21(15-19)23-7-9-27-25(17-23)26-18-24(8-10-28(26)32(27)31)22-6-2-4-20(16-22)12-14-30;1-2-12-29-13-7-20(8-14-29)22-3-5-26-24(18-22)25-19-23(4-6-27(25)31-26)21-9-15-30(16-10-21)17-11-28/h3-10,15-18H,11-14,31-32H2,1-2H3;1-2,5-6,9-14,17-20H,3-4,7-8,15-16,31-32H2;1-10,15-18H,11-14,29-30H2;3-7,9,18-19H,2,8,10-17,28H2,1H3. The van der Waals surface area contributed by atoms with Crippen LogP contribution in [-0.4, -0.2) is 122 Å². The monoisotopic (exact) mass is 1830 g/mol. The molecule has 14 N–H and O–H groups in total. The highest BCUT2D eigenvalue weighted by atomic mass is 32.2. The molecule has 0 bridgehead atoms. The van der Waals surface area contributed by atoms with Gasteiger partial charge in [-0.1, -0.05) is 177 Å². The summed E-state index contributed by atoms with van der Waals surface area (Å²) in [5.74, 6) is 1.73. The normalized spacial score (nSPS) is 13.8. The first-order valence-corrected chi connectivity index (χ1v) is 51.0. The predicted octanol–water partition coefficient (Wildman–Crippen LogP) is 22.8. The Hall–Kier alpha value is -11.7. The minimum atomic E-state index is -3.53. The second-order valence-corrected chi connectivity index (χ2v) is 40.3. The molecule has 0 saturated heterocycles. The molecule has 0 radical (unpaired) electrons. The molecule has 0 spiro atoms. The molecule has 16 aromatic rings. The molecule has 0 fully saturated rings. The zero-order chi connectivity index (χ0) is 92.1. The average molecular weight is 1840 g/mol. The maximum atomic E-state index is 13.3. The molecule has 0 atom stereocenters. The van der Waals surface area contributed by atoms with Crippen molar-refractivity contribution >= 4 is 94.8 Å². The molecule has 14 nitrogen and oxygen atoms in total. The van der Waals surface area contributed by atoms with Crippen molar-refractivity contribution in [3.05, 3.63) is 336 Å². The lowest BCUT2D eigenvalue weighted by atomic mass is 9.94. The van der Waals surface area contributed by atoms with Crippen molar-refractivity contribution in [2.75, 3.05) is 99.3 Å². The Labute approximate surface area is 793 Å². The maximum absolute atomic E-state index is 13.3. The summed E-state index contributed by atoms with van der Waals surface area (Å²) in [7, 11) is -1.24. The number of thiophene rings is 2. The third kappa shape index (κ3) is 20.8. The van der Waals surface area contributed by atoms with Crippen LogP contribution < -0.4 is 49.6 Å². The van der Waals surface area contributed by atoms with Gasteiger partial charge in [-0.05, 0) is 349 Å². The first kappa shape index (κ1) is 93.2. The van der Waals surface area contributed by atoms with E-state index < -0.39 is 20.6 Å². The van der Waals surface area contributed by atoms with E-state index in [1.165, 1.54) is 116 Å². The van der Waals surface area contributed by atoms with Crippen molar-refractivity contribution < 1.29 is 22.1 Å². The van der Waals surface area contributed by atoms with Gasteiger partial charge in [-0.2, -0.15) is 0 Å². The molecule has 6 heterocycles. The molecule has 0 saturated carbocycles. The third-order valence-electron chi connectivity index (χ3n) is 26.0. The van der Waals surface area contributed by atoms with Crippen LogP contribution in [0.2, 0.25) is 0 Å². The fraction of sp³-hybridized carbons (Fsp3) is 0.235. The topological polar surface area (TPSA) is 258 Å². The van der Waals surface area contributed by atoms with Gasteiger partial charge in [0, 0.05) is 113 Å². The number of fused-ring (bicyclic) bond motifs is 12. The molecule has 0 unspecified atom stereocenters. The Morgan fingerprint density at radius 2 is 0.654 bits per heavy atom. The molecule has 4 aliphatic rings. The molecule has 133 heavy (non-hydrogen) atoms. The number of nitrogens with two attached hydrogens (primary N) is 7. The van der Waals surface area contributed by atoms with Crippen molar-refractivity contribution in [3.63, 3.8) is 0 Å². The quantitative estimate of drug-likeness (QED) is 0.0241. The molecule has 20 rings (SSSR count). The van der Waals surface area contributed by atoms with Gasteiger partial charge in [0.15, 0.2) is 0 Å². The first-order chi connectivity index (χ1) is 65.1. The van der Waals surface area contributed by atoms with Gasteiger partial charge in [0.1, 0.15) is 11.5 Å². The van der Waals surface area contributed by atoms with E-state index in [1.807, 2.05) is 71.2 Å². The van der Waals surface area contributed by atoms with Gasteiger partial charge in [0.25, 0.3) is 0 Å². The number of hydrogen-bond donors (Lipinski definition) is 7. The largest absolute Gasteiger partial charge is 0.496 e. The van der Waals surface area contributed by atoms with E-state index in [0.717, 1.165) is 207 Å². The van der Waals surface area contributed by atoms with Crippen molar-refractivity contribution in [2.24, 2.45) is 40.1 Å². The van der Waals surface area contributed by atoms with Crippen molar-refractivity contribution in [1.82, 2.24) is 9.80 Å².